The first kappa shape index (κ1) is 24.6. The smallest absolute Gasteiger partial charge is 0.295 e. The largest absolute Gasteiger partial charge is 0.507 e. The number of likely N-dealkylation sites (tertiary alicyclic amines) is 1. The number of aryl methyl sites for hydroxylation is 1. The number of Topliss-reactive ketones (excluding diaryl/α,β-unsaturated/α-hetero) is 1. The van der Waals surface area contributed by atoms with Crippen LogP contribution in [0.2, 0.25) is 5.02 Å². The molecule has 0 aliphatic carbocycles. The molecule has 2 aromatic rings. The van der Waals surface area contributed by atoms with Crippen molar-refractivity contribution in [1.29, 1.82) is 0 Å². The first-order valence-corrected chi connectivity index (χ1v) is 11.1. The number of halogens is 1. The summed E-state index contributed by atoms with van der Waals surface area (Å²) in [6.07, 6.45) is 0.838. The average Bonchev–Trinajstić information content (AvgIpc) is 3.05. The zero-order valence-corrected chi connectivity index (χ0v) is 19.9. The first-order valence-electron chi connectivity index (χ1n) is 10.7. The van der Waals surface area contributed by atoms with Crippen molar-refractivity contribution in [2.24, 2.45) is 0 Å². The van der Waals surface area contributed by atoms with E-state index >= 15 is 0 Å². The van der Waals surface area contributed by atoms with E-state index in [1.54, 1.807) is 30.3 Å². The molecule has 8 heteroatoms. The summed E-state index contributed by atoms with van der Waals surface area (Å²) in [4.78, 5) is 27.5. The fourth-order valence-electron chi connectivity index (χ4n) is 3.90. The minimum atomic E-state index is -0.825. The van der Waals surface area contributed by atoms with Gasteiger partial charge in [0.2, 0.25) is 0 Å². The number of methoxy groups -OCH3 is 2. The Morgan fingerprint density at radius 3 is 2.58 bits per heavy atom. The predicted octanol–water partition coefficient (Wildman–Crippen LogP) is 4.51. The fraction of sp³-hybridized carbons (Fsp3) is 0.360. The maximum absolute atomic E-state index is 13.1. The van der Waals surface area contributed by atoms with Gasteiger partial charge in [0.15, 0.2) is 0 Å². The van der Waals surface area contributed by atoms with Crippen LogP contribution in [0.1, 0.15) is 36.1 Å². The SMILES string of the molecule is CCCOc1cccc(C2/C(=C(\O)c3cc(C)cc(Cl)c3OC)C(=O)C(=O)N2CCOC)c1. The van der Waals surface area contributed by atoms with Gasteiger partial charge in [0.1, 0.15) is 17.3 Å². The predicted molar refractivity (Wildman–Crippen MR) is 126 cm³/mol. The molecule has 7 nitrogen and oxygen atoms in total. The molecule has 1 unspecified atom stereocenters. The molecule has 1 fully saturated rings. The van der Waals surface area contributed by atoms with E-state index in [-0.39, 0.29) is 35.8 Å². The highest BCUT2D eigenvalue weighted by molar-refractivity contribution is 6.46. The van der Waals surface area contributed by atoms with Gasteiger partial charge in [0, 0.05) is 13.7 Å². The van der Waals surface area contributed by atoms with Crippen molar-refractivity contribution < 1.29 is 28.9 Å². The molecule has 1 aliphatic heterocycles. The Labute approximate surface area is 198 Å². The van der Waals surface area contributed by atoms with Gasteiger partial charge >= 0.3 is 0 Å². The van der Waals surface area contributed by atoms with Crippen molar-refractivity contribution in [1.82, 2.24) is 4.90 Å². The van der Waals surface area contributed by atoms with Gasteiger partial charge in [-0.25, -0.2) is 0 Å². The maximum Gasteiger partial charge on any atom is 0.295 e. The van der Waals surface area contributed by atoms with Crippen LogP contribution in [0, 0.1) is 6.92 Å². The van der Waals surface area contributed by atoms with Gasteiger partial charge < -0.3 is 24.2 Å². The summed E-state index contributed by atoms with van der Waals surface area (Å²) < 4.78 is 16.3. The molecular formula is C25H28ClNO6. The zero-order chi connectivity index (χ0) is 24.1. The Kier molecular flexibility index (Phi) is 8.00. The van der Waals surface area contributed by atoms with Crippen LogP contribution in [0.3, 0.4) is 0 Å². The van der Waals surface area contributed by atoms with Gasteiger partial charge in [-0.05, 0) is 48.7 Å². The van der Waals surface area contributed by atoms with Gasteiger partial charge in [0.25, 0.3) is 11.7 Å². The molecule has 1 saturated heterocycles. The molecule has 1 N–H and O–H groups in total. The van der Waals surface area contributed by atoms with Gasteiger partial charge in [0.05, 0.1) is 42.5 Å². The van der Waals surface area contributed by atoms with E-state index in [9.17, 15) is 14.7 Å². The lowest BCUT2D eigenvalue weighted by Crippen LogP contribution is -2.32. The van der Waals surface area contributed by atoms with Crippen LogP contribution in [0.15, 0.2) is 42.0 Å². The van der Waals surface area contributed by atoms with Crippen LogP contribution in [0.25, 0.3) is 5.76 Å². The number of benzene rings is 2. The second-order valence-corrected chi connectivity index (χ2v) is 8.14. The second kappa shape index (κ2) is 10.7. The number of aliphatic hydroxyl groups is 1. The van der Waals surface area contributed by atoms with Crippen LogP contribution in [0.4, 0.5) is 0 Å². The third-order valence-corrected chi connectivity index (χ3v) is 5.65. The number of ether oxygens (including phenoxy) is 3. The molecule has 2 aromatic carbocycles. The van der Waals surface area contributed by atoms with Crippen LogP contribution < -0.4 is 9.47 Å². The van der Waals surface area contributed by atoms with E-state index in [2.05, 4.69) is 0 Å². The lowest BCUT2D eigenvalue weighted by molar-refractivity contribution is -0.140. The third-order valence-electron chi connectivity index (χ3n) is 5.37. The number of nitrogens with zero attached hydrogens (tertiary/aromatic N) is 1. The quantitative estimate of drug-likeness (QED) is 0.327. The third kappa shape index (κ3) is 4.99. The molecule has 0 spiro atoms. The minimum Gasteiger partial charge on any atom is -0.507 e. The van der Waals surface area contributed by atoms with Gasteiger partial charge in [-0.15, -0.1) is 0 Å². The highest BCUT2D eigenvalue weighted by Gasteiger charge is 2.46. The van der Waals surface area contributed by atoms with Crippen molar-refractivity contribution in [2.45, 2.75) is 26.3 Å². The van der Waals surface area contributed by atoms with Crippen molar-refractivity contribution >= 4 is 29.1 Å². The Hall–Kier alpha value is -3.03. The lowest BCUT2D eigenvalue weighted by Gasteiger charge is -2.25. The number of rotatable bonds is 9. The summed E-state index contributed by atoms with van der Waals surface area (Å²) in [5, 5.41) is 11.6. The standard InChI is InChI=1S/C25H28ClNO6/c1-5-10-33-17-8-6-7-16(14-17)21-20(23(29)25(30)27(21)9-11-31-3)22(28)18-12-15(2)13-19(26)24(18)32-4/h6-8,12-14,21,28H,5,9-11H2,1-4H3/b22-20+. The number of carbonyl (C=O) groups is 2. The first-order chi connectivity index (χ1) is 15.8. The number of hydrogen-bond acceptors (Lipinski definition) is 6. The van der Waals surface area contributed by atoms with Gasteiger partial charge in [-0.2, -0.15) is 0 Å². The van der Waals surface area contributed by atoms with E-state index in [1.807, 2.05) is 19.9 Å². The topological polar surface area (TPSA) is 85.3 Å². The van der Waals surface area contributed by atoms with Gasteiger partial charge in [-0.1, -0.05) is 30.7 Å². The number of hydrogen-bond donors (Lipinski definition) is 1. The van der Waals surface area contributed by atoms with Crippen LogP contribution in [-0.4, -0.2) is 55.7 Å². The van der Waals surface area contributed by atoms with Crippen LogP contribution in [0.5, 0.6) is 11.5 Å². The van der Waals surface area contributed by atoms with Crippen LogP contribution >= 0.6 is 11.6 Å². The summed E-state index contributed by atoms with van der Waals surface area (Å²) in [7, 11) is 2.95. The molecule has 176 valence electrons. The number of amides is 1. The van der Waals surface area contributed by atoms with Crippen LogP contribution in [-0.2, 0) is 14.3 Å². The Morgan fingerprint density at radius 1 is 1.15 bits per heavy atom. The highest BCUT2D eigenvalue weighted by Crippen LogP contribution is 2.43. The van der Waals surface area contributed by atoms with E-state index in [0.717, 1.165) is 12.0 Å². The second-order valence-electron chi connectivity index (χ2n) is 7.73. The molecule has 1 aliphatic rings. The minimum absolute atomic E-state index is 0.0382. The number of aliphatic hydroxyl groups excluding tert-OH is 1. The summed E-state index contributed by atoms with van der Waals surface area (Å²) >= 11 is 6.32. The zero-order valence-electron chi connectivity index (χ0n) is 19.2. The van der Waals surface area contributed by atoms with Gasteiger partial charge in [-0.3, -0.25) is 9.59 Å². The molecule has 0 saturated carbocycles. The normalized spacial score (nSPS) is 17.5. The molecule has 1 heterocycles. The Morgan fingerprint density at radius 2 is 1.91 bits per heavy atom. The van der Waals surface area contributed by atoms with Crippen molar-refractivity contribution in [2.75, 3.05) is 34.0 Å². The molecular weight excluding hydrogens is 446 g/mol. The summed E-state index contributed by atoms with van der Waals surface area (Å²) in [5.41, 5.74) is 1.61. The molecule has 3 rings (SSSR count). The summed E-state index contributed by atoms with van der Waals surface area (Å²) in [5.74, 6) is -1.01. The molecule has 0 aromatic heterocycles. The monoisotopic (exact) mass is 473 g/mol. The van der Waals surface area contributed by atoms with Crippen molar-refractivity contribution in [3.05, 3.63) is 63.7 Å². The Bertz CT molecular complexity index is 1080. The lowest BCUT2D eigenvalue weighted by atomic mass is 9.94. The summed E-state index contributed by atoms with van der Waals surface area (Å²) in [6, 6.07) is 9.71. The van der Waals surface area contributed by atoms with Crippen molar-refractivity contribution in [3.63, 3.8) is 0 Å². The molecule has 33 heavy (non-hydrogen) atoms. The number of carbonyl (C=O) groups excluding carboxylic acids is 2. The molecule has 1 amide bonds. The maximum atomic E-state index is 13.1. The van der Waals surface area contributed by atoms with E-state index in [4.69, 9.17) is 25.8 Å². The van der Waals surface area contributed by atoms with E-state index < -0.39 is 17.7 Å². The summed E-state index contributed by atoms with van der Waals surface area (Å²) in [6.45, 7) is 4.75. The Balaban J connectivity index is 2.22. The van der Waals surface area contributed by atoms with Crippen molar-refractivity contribution in [3.8, 4) is 11.5 Å². The number of ketones is 1. The fourth-order valence-corrected chi connectivity index (χ4v) is 4.25. The van der Waals surface area contributed by atoms with E-state index in [0.29, 0.717) is 22.9 Å². The average molecular weight is 474 g/mol. The molecule has 0 radical (unpaired) electrons. The molecule has 1 atom stereocenters. The van der Waals surface area contributed by atoms with E-state index in [1.165, 1.54) is 19.1 Å². The highest BCUT2D eigenvalue weighted by atomic mass is 35.5. The molecule has 0 bridgehead atoms.